The molecule has 8 heteroatoms. The van der Waals surface area contributed by atoms with E-state index in [1.54, 1.807) is 0 Å². The van der Waals surface area contributed by atoms with E-state index in [-0.39, 0.29) is 35.7 Å². The van der Waals surface area contributed by atoms with Crippen LogP contribution >= 0.6 is 24.2 Å². The normalized spacial score (nSPS) is 15.5. The molecule has 1 aromatic rings. The Labute approximate surface area is 137 Å². The molecule has 124 valence electrons. The van der Waals surface area contributed by atoms with Crippen molar-refractivity contribution < 1.29 is 18.0 Å². The third-order valence-corrected chi connectivity index (χ3v) is 4.36. The molecule has 0 bridgehead atoms. The second-order valence-electron chi connectivity index (χ2n) is 4.86. The van der Waals surface area contributed by atoms with E-state index < -0.39 is 12.2 Å². The van der Waals surface area contributed by atoms with E-state index in [1.807, 2.05) is 0 Å². The molecule has 2 rings (SSSR count). The SMILES string of the molecule is Cl.O=C(Nc1cc(F)ccc1SCC(F)F)C1CCNCC1. The highest BCUT2D eigenvalue weighted by Crippen LogP contribution is 2.30. The molecule has 1 aliphatic rings. The Bertz CT molecular complexity index is 499. The highest BCUT2D eigenvalue weighted by molar-refractivity contribution is 7.99. The monoisotopic (exact) mass is 354 g/mol. The lowest BCUT2D eigenvalue weighted by atomic mass is 9.97. The smallest absolute Gasteiger partial charge is 0.247 e. The number of hydrogen-bond acceptors (Lipinski definition) is 3. The quantitative estimate of drug-likeness (QED) is 0.795. The standard InChI is InChI=1S/C14H17F3N2OS.ClH/c15-10-1-2-12(21-8-13(16)17)11(7-10)19-14(20)9-3-5-18-6-4-9;/h1-2,7,9,13,18H,3-6,8H2,(H,19,20);1H. The minimum atomic E-state index is -2.45. The van der Waals surface area contributed by atoms with E-state index in [9.17, 15) is 18.0 Å². The number of nitrogens with one attached hydrogen (secondary N) is 2. The Morgan fingerprint density at radius 1 is 1.36 bits per heavy atom. The molecule has 1 heterocycles. The zero-order chi connectivity index (χ0) is 15.2. The van der Waals surface area contributed by atoms with Gasteiger partial charge in [0.2, 0.25) is 12.3 Å². The first-order chi connectivity index (χ1) is 10.1. The highest BCUT2D eigenvalue weighted by Gasteiger charge is 2.22. The van der Waals surface area contributed by atoms with Crippen LogP contribution in [0.25, 0.3) is 0 Å². The fraction of sp³-hybridized carbons (Fsp3) is 0.500. The molecular weight excluding hydrogens is 337 g/mol. The van der Waals surface area contributed by atoms with Crippen molar-refractivity contribution in [3.8, 4) is 0 Å². The summed E-state index contributed by atoms with van der Waals surface area (Å²) >= 11 is 0.909. The predicted octanol–water partition coefficient (Wildman–Crippen LogP) is 3.54. The van der Waals surface area contributed by atoms with E-state index in [0.717, 1.165) is 37.7 Å². The van der Waals surface area contributed by atoms with Crippen molar-refractivity contribution in [2.75, 3.05) is 24.2 Å². The van der Waals surface area contributed by atoms with Crippen LogP contribution in [0.5, 0.6) is 0 Å². The van der Waals surface area contributed by atoms with Gasteiger partial charge in [0.05, 0.1) is 11.4 Å². The van der Waals surface area contributed by atoms with Gasteiger partial charge in [0, 0.05) is 10.8 Å². The lowest BCUT2D eigenvalue weighted by Gasteiger charge is -2.22. The summed E-state index contributed by atoms with van der Waals surface area (Å²) in [6, 6.07) is 3.79. The van der Waals surface area contributed by atoms with Gasteiger partial charge in [-0.05, 0) is 44.1 Å². The van der Waals surface area contributed by atoms with Gasteiger partial charge in [0.1, 0.15) is 5.82 Å². The molecular formula is C14H18ClF3N2OS. The van der Waals surface area contributed by atoms with E-state index in [1.165, 1.54) is 18.2 Å². The van der Waals surface area contributed by atoms with Gasteiger partial charge in [-0.1, -0.05) is 0 Å². The molecule has 0 spiro atoms. The molecule has 0 aromatic heterocycles. The van der Waals surface area contributed by atoms with Crippen LogP contribution in [-0.4, -0.2) is 31.2 Å². The molecule has 1 fully saturated rings. The summed E-state index contributed by atoms with van der Waals surface area (Å²) in [6.45, 7) is 1.54. The summed E-state index contributed by atoms with van der Waals surface area (Å²) in [6.07, 6.45) is -1.01. The van der Waals surface area contributed by atoms with Gasteiger partial charge in [-0.15, -0.1) is 24.2 Å². The number of amides is 1. The van der Waals surface area contributed by atoms with Gasteiger partial charge in [-0.2, -0.15) is 0 Å². The van der Waals surface area contributed by atoms with E-state index in [0.29, 0.717) is 4.90 Å². The maximum atomic E-state index is 13.3. The van der Waals surface area contributed by atoms with Crippen LogP contribution in [0.4, 0.5) is 18.9 Å². The Balaban J connectivity index is 0.00000242. The molecule has 1 amide bonds. The average molecular weight is 355 g/mol. The maximum Gasteiger partial charge on any atom is 0.247 e. The number of benzene rings is 1. The molecule has 0 aliphatic carbocycles. The number of hydrogen-bond donors (Lipinski definition) is 2. The number of alkyl halides is 2. The number of piperidine rings is 1. The number of carbonyl (C=O) groups is 1. The first kappa shape index (κ1) is 19.1. The summed E-state index contributed by atoms with van der Waals surface area (Å²) in [5.74, 6) is -1.19. The number of rotatable bonds is 5. The minimum Gasteiger partial charge on any atom is -0.325 e. The third-order valence-electron chi connectivity index (χ3n) is 3.27. The fourth-order valence-electron chi connectivity index (χ4n) is 2.20. The minimum absolute atomic E-state index is 0. The zero-order valence-electron chi connectivity index (χ0n) is 11.8. The highest BCUT2D eigenvalue weighted by atomic mass is 35.5. The van der Waals surface area contributed by atoms with Gasteiger partial charge < -0.3 is 10.6 Å². The molecule has 22 heavy (non-hydrogen) atoms. The number of halogens is 4. The number of anilines is 1. The van der Waals surface area contributed by atoms with Crippen LogP contribution in [0.2, 0.25) is 0 Å². The fourth-order valence-corrected chi connectivity index (χ4v) is 2.93. The topological polar surface area (TPSA) is 41.1 Å². The number of thioether (sulfide) groups is 1. The summed E-state index contributed by atoms with van der Waals surface area (Å²) in [4.78, 5) is 12.6. The van der Waals surface area contributed by atoms with Crippen molar-refractivity contribution >= 4 is 35.8 Å². The molecule has 1 aliphatic heterocycles. The van der Waals surface area contributed by atoms with Crippen LogP contribution < -0.4 is 10.6 Å². The Morgan fingerprint density at radius 2 is 2.05 bits per heavy atom. The summed E-state index contributed by atoms with van der Waals surface area (Å²) in [5, 5.41) is 5.83. The second-order valence-corrected chi connectivity index (χ2v) is 5.92. The first-order valence-electron chi connectivity index (χ1n) is 6.78. The van der Waals surface area contributed by atoms with Crippen molar-refractivity contribution in [2.45, 2.75) is 24.2 Å². The Kier molecular flexibility index (Phi) is 8.06. The first-order valence-corrected chi connectivity index (χ1v) is 7.77. The van der Waals surface area contributed by atoms with Gasteiger partial charge in [-0.25, -0.2) is 13.2 Å². The zero-order valence-corrected chi connectivity index (χ0v) is 13.4. The van der Waals surface area contributed by atoms with Crippen molar-refractivity contribution in [3.63, 3.8) is 0 Å². The van der Waals surface area contributed by atoms with E-state index in [2.05, 4.69) is 10.6 Å². The Morgan fingerprint density at radius 3 is 2.68 bits per heavy atom. The summed E-state index contributed by atoms with van der Waals surface area (Å²) in [7, 11) is 0. The number of carbonyl (C=O) groups excluding carboxylic acids is 1. The molecule has 1 aromatic carbocycles. The summed E-state index contributed by atoms with van der Waals surface area (Å²) < 4.78 is 37.9. The molecule has 1 saturated heterocycles. The molecule has 0 unspecified atom stereocenters. The summed E-state index contributed by atoms with van der Waals surface area (Å²) in [5.41, 5.74) is 0.268. The molecule has 2 N–H and O–H groups in total. The molecule has 0 saturated carbocycles. The lowest BCUT2D eigenvalue weighted by molar-refractivity contribution is -0.120. The van der Waals surface area contributed by atoms with Crippen LogP contribution in [0.1, 0.15) is 12.8 Å². The van der Waals surface area contributed by atoms with Crippen molar-refractivity contribution in [3.05, 3.63) is 24.0 Å². The van der Waals surface area contributed by atoms with Crippen molar-refractivity contribution in [1.82, 2.24) is 5.32 Å². The molecule has 0 radical (unpaired) electrons. The second kappa shape index (κ2) is 9.27. The van der Waals surface area contributed by atoms with Crippen LogP contribution in [0, 0.1) is 11.7 Å². The van der Waals surface area contributed by atoms with Gasteiger partial charge in [0.25, 0.3) is 0 Å². The van der Waals surface area contributed by atoms with Gasteiger partial charge >= 0.3 is 0 Å². The van der Waals surface area contributed by atoms with Crippen LogP contribution in [0.15, 0.2) is 23.1 Å². The maximum absolute atomic E-state index is 13.3. The van der Waals surface area contributed by atoms with Gasteiger partial charge in [0.15, 0.2) is 0 Å². The van der Waals surface area contributed by atoms with Crippen LogP contribution in [-0.2, 0) is 4.79 Å². The third kappa shape index (κ3) is 5.70. The lowest BCUT2D eigenvalue weighted by Crippen LogP contribution is -2.34. The van der Waals surface area contributed by atoms with Gasteiger partial charge in [-0.3, -0.25) is 4.79 Å². The van der Waals surface area contributed by atoms with E-state index in [4.69, 9.17) is 0 Å². The largest absolute Gasteiger partial charge is 0.325 e. The predicted molar refractivity (Wildman–Crippen MR) is 84.6 cm³/mol. The van der Waals surface area contributed by atoms with Crippen LogP contribution in [0.3, 0.4) is 0 Å². The van der Waals surface area contributed by atoms with Crippen molar-refractivity contribution in [1.29, 1.82) is 0 Å². The molecule has 0 atom stereocenters. The Hall–Kier alpha value is -0.920. The van der Waals surface area contributed by atoms with Crippen molar-refractivity contribution in [2.24, 2.45) is 5.92 Å². The molecule has 3 nitrogen and oxygen atoms in total. The average Bonchev–Trinajstić information content (AvgIpc) is 2.47. The van der Waals surface area contributed by atoms with E-state index >= 15 is 0 Å².